The van der Waals surface area contributed by atoms with Crippen LogP contribution < -0.4 is 10.6 Å². The molecule has 2 N–H and O–H groups in total. The van der Waals surface area contributed by atoms with Crippen molar-refractivity contribution in [2.75, 3.05) is 6.54 Å². The molecular formula is C16H19N3O. The summed E-state index contributed by atoms with van der Waals surface area (Å²) in [4.78, 5) is 15.8. The van der Waals surface area contributed by atoms with Gasteiger partial charge in [0, 0.05) is 37.1 Å². The van der Waals surface area contributed by atoms with Gasteiger partial charge in [0.25, 0.3) is 0 Å². The van der Waals surface area contributed by atoms with Crippen LogP contribution >= 0.6 is 0 Å². The van der Waals surface area contributed by atoms with Gasteiger partial charge in [-0.15, -0.1) is 0 Å². The summed E-state index contributed by atoms with van der Waals surface area (Å²) >= 11 is 0. The quantitative estimate of drug-likeness (QED) is 0.789. The Morgan fingerprint density at radius 3 is 3.05 bits per heavy atom. The maximum atomic E-state index is 11.5. The minimum atomic E-state index is 0.155. The summed E-state index contributed by atoms with van der Waals surface area (Å²) in [5.41, 5.74) is 2.23. The van der Waals surface area contributed by atoms with Crippen molar-refractivity contribution in [3.63, 3.8) is 0 Å². The van der Waals surface area contributed by atoms with Crippen LogP contribution in [0.15, 0.2) is 36.5 Å². The first-order valence-electron chi connectivity index (χ1n) is 7.15. The maximum Gasteiger partial charge on any atom is 0.221 e. The molecule has 0 atom stereocenters. The third-order valence-corrected chi connectivity index (χ3v) is 3.47. The van der Waals surface area contributed by atoms with Gasteiger partial charge in [0.15, 0.2) is 0 Å². The van der Waals surface area contributed by atoms with Crippen LogP contribution in [0.2, 0.25) is 0 Å². The molecule has 2 aromatic rings. The fourth-order valence-electron chi connectivity index (χ4n) is 2.20. The lowest BCUT2D eigenvalue weighted by molar-refractivity contribution is -0.121. The number of amides is 1. The van der Waals surface area contributed by atoms with Gasteiger partial charge in [-0.2, -0.15) is 0 Å². The third-order valence-electron chi connectivity index (χ3n) is 3.47. The van der Waals surface area contributed by atoms with Crippen LogP contribution in [0.1, 0.15) is 24.8 Å². The highest BCUT2D eigenvalue weighted by Crippen LogP contribution is 2.18. The summed E-state index contributed by atoms with van der Waals surface area (Å²) in [7, 11) is 0. The van der Waals surface area contributed by atoms with E-state index >= 15 is 0 Å². The summed E-state index contributed by atoms with van der Waals surface area (Å²) in [5.74, 6) is 0.155. The lowest BCUT2D eigenvalue weighted by Crippen LogP contribution is -2.28. The molecule has 1 fully saturated rings. The van der Waals surface area contributed by atoms with Gasteiger partial charge in [0.1, 0.15) is 0 Å². The lowest BCUT2D eigenvalue weighted by Gasteiger charge is -2.06. The molecule has 1 aliphatic carbocycles. The average Bonchev–Trinajstić information content (AvgIpc) is 3.27. The second-order valence-electron chi connectivity index (χ2n) is 5.30. The van der Waals surface area contributed by atoms with Crippen LogP contribution in [-0.2, 0) is 11.3 Å². The maximum absolute atomic E-state index is 11.5. The number of hydrogen-bond donors (Lipinski definition) is 2. The molecule has 1 heterocycles. The predicted octanol–water partition coefficient (Wildman–Crippen LogP) is 1.99. The smallest absolute Gasteiger partial charge is 0.221 e. The predicted molar refractivity (Wildman–Crippen MR) is 79.2 cm³/mol. The Balaban J connectivity index is 1.45. The zero-order valence-electron chi connectivity index (χ0n) is 11.4. The molecule has 0 saturated heterocycles. The summed E-state index contributed by atoms with van der Waals surface area (Å²) in [6, 6.07) is 10.7. The molecule has 1 amide bonds. The third kappa shape index (κ3) is 3.54. The number of fused-ring (bicyclic) bond motifs is 1. The van der Waals surface area contributed by atoms with Crippen LogP contribution in [0.3, 0.4) is 0 Å². The fourth-order valence-corrected chi connectivity index (χ4v) is 2.20. The van der Waals surface area contributed by atoms with Crippen molar-refractivity contribution in [3.05, 3.63) is 42.1 Å². The van der Waals surface area contributed by atoms with E-state index in [0.29, 0.717) is 19.0 Å². The van der Waals surface area contributed by atoms with Gasteiger partial charge < -0.3 is 10.6 Å². The molecule has 1 saturated carbocycles. The Morgan fingerprint density at radius 1 is 1.30 bits per heavy atom. The number of aromatic nitrogens is 1. The summed E-state index contributed by atoms with van der Waals surface area (Å²) in [5, 5.41) is 7.45. The summed E-state index contributed by atoms with van der Waals surface area (Å²) < 4.78 is 0. The van der Waals surface area contributed by atoms with Crippen molar-refractivity contribution in [1.82, 2.24) is 15.6 Å². The Hall–Kier alpha value is -1.94. The molecule has 0 aliphatic heterocycles. The first-order valence-corrected chi connectivity index (χ1v) is 7.15. The van der Waals surface area contributed by atoms with E-state index in [1.807, 2.05) is 12.1 Å². The number of pyridine rings is 1. The molecule has 1 aliphatic rings. The van der Waals surface area contributed by atoms with E-state index in [-0.39, 0.29) is 5.91 Å². The van der Waals surface area contributed by atoms with Gasteiger partial charge in [0.05, 0.1) is 5.52 Å². The number of hydrogen-bond acceptors (Lipinski definition) is 3. The van der Waals surface area contributed by atoms with E-state index in [0.717, 1.165) is 30.3 Å². The highest BCUT2D eigenvalue weighted by molar-refractivity contribution is 5.79. The standard InChI is InChI=1S/C16H19N3O/c20-16(19-14-4-5-14)7-9-17-11-12-3-6-15-13(10-12)2-1-8-18-15/h1-3,6,8,10,14,17H,4-5,7,9,11H2,(H,19,20). The van der Waals surface area contributed by atoms with E-state index in [1.54, 1.807) is 6.20 Å². The average molecular weight is 269 g/mol. The molecule has 1 aromatic carbocycles. The van der Waals surface area contributed by atoms with Crippen molar-refractivity contribution in [2.45, 2.75) is 31.8 Å². The molecule has 1 aromatic heterocycles. The molecule has 20 heavy (non-hydrogen) atoms. The second-order valence-corrected chi connectivity index (χ2v) is 5.30. The highest BCUT2D eigenvalue weighted by Gasteiger charge is 2.22. The molecule has 4 heteroatoms. The van der Waals surface area contributed by atoms with Crippen LogP contribution in [0, 0.1) is 0 Å². The monoisotopic (exact) mass is 269 g/mol. The Morgan fingerprint density at radius 2 is 2.20 bits per heavy atom. The largest absolute Gasteiger partial charge is 0.353 e. The number of benzene rings is 1. The fraction of sp³-hybridized carbons (Fsp3) is 0.375. The van der Waals surface area contributed by atoms with E-state index in [9.17, 15) is 4.79 Å². The van der Waals surface area contributed by atoms with Crippen LogP contribution in [0.25, 0.3) is 10.9 Å². The highest BCUT2D eigenvalue weighted by atomic mass is 16.1. The van der Waals surface area contributed by atoms with E-state index in [4.69, 9.17) is 0 Å². The zero-order chi connectivity index (χ0) is 13.8. The van der Waals surface area contributed by atoms with Gasteiger partial charge in [-0.25, -0.2) is 0 Å². The normalized spacial score (nSPS) is 14.4. The lowest BCUT2D eigenvalue weighted by atomic mass is 10.1. The van der Waals surface area contributed by atoms with Crippen molar-refractivity contribution in [3.8, 4) is 0 Å². The molecule has 3 rings (SSSR count). The number of nitrogens with one attached hydrogen (secondary N) is 2. The minimum Gasteiger partial charge on any atom is -0.353 e. The van der Waals surface area contributed by atoms with Gasteiger partial charge >= 0.3 is 0 Å². The number of nitrogens with zero attached hydrogens (tertiary/aromatic N) is 1. The summed E-state index contributed by atoms with van der Waals surface area (Å²) in [6.07, 6.45) is 4.64. The first-order chi connectivity index (χ1) is 9.81. The van der Waals surface area contributed by atoms with Crippen molar-refractivity contribution in [1.29, 1.82) is 0 Å². The first kappa shape index (κ1) is 13.1. The molecule has 0 radical (unpaired) electrons. The molecule has 104 valence electrons. The van der Waals surface area contributed by atoms with Gasteiger partial charge in [-0.3, -0.25) is 9.78 Å². The number of carbonyl (C=O) groups is 1. The topological polar surface area (TPSA) is 54.0 Å². The van der Waals surface area contributed by atoms with Crippen molar-refractivity contribution < 1.29 is 4.79 Å². The Labute approximate surface area is 118 Å². The molecule has 0 bridgehead atoms. The van der Waals surface area contributed by atoms with Gasteiger partial charge in [-0.05, 0) is 36.6 Å². The molecular weight excluding hydrogens is 250 g/mol. The van der Waals surface area contributed by atoms with Crippen molar-refractivity contribution >= 4 is 16.8 Å². The SMILES string of the molecule is O=C(CCNCc1ccc2ncccc2c1)NC1CC1. The zero-order valence-corrected chi connectivity index (χ0v) is 11.4. The van der Waals surface area contributed by atoms with E-state index < -0.39 is 0 Å². The Bertz CT molecular complexity index is 607. The summed E-state index contributed by atoms with van der Waals surface area (Å²) in [6.45, 7) is 1.49. The second kappa shape index (κ2) is 6.01. The molecule has 0 unspecified atom stereocenters. The molecule has 0 spiro atoms. The van der Waals surface area contributed by atoms with Gasteiger partial charge in [-0.1, -0.05) is 12.1 Å². The van der Waals surface area contributed by atoms with Crippen LogP contribution in [0.5, 0.6) is 0 Å². The number of rotatable bonds is 6. The van der Waals surface area contributed by atoms with Crippen molar-refractivity contribution in [2.24, 2.45) is 0 Å². The van der Waals surface area contributed by atoms with Gasteiger partial charge in [0.2, 0.25) is 5.91 Å². The van der Waals surface area contributed by atoms with E-state index in [1.165, 1.54) is 5.56 Å². The molecule has 4 nitrogen and oxygen atoms in total. The van der Waals surface area contributed by atoms with Crippen LogP contribution in [0.4, 0.5) is 0 Å². The minimum absolute atomic E-state index is 0.155. The number of carbonyl (C=O) groups excluding carboxylic acids is 1. The Kier molecular flexibility index (Phi) is 3.92. The van der Waals surface area contributed by atoms with Crippen LogP contribution in [-0.4, -0.2) is 23.5 Å². The van der Waals surface area contributed by atoms with E-state index in [2.05, 4.69) is 33.8 Å².